The molecule has 6 nitrogen and oxygen atoms in total. The highest BCUT2D eigenvalue weighted by molar-refractivity contribution is 5.94. The Hall–Kier alpha value is -2.84. The Bertz CT molecular complexity index is 782. The van der Waals surface area contributed by atoms with E-state index in [-0.39, 0.29) is 18.2 Å². The number of benzene rings is 1. The maximum Gasteiger partial charge on any atom is 0.416 e. The Morgan fingerprint density at radius 1 is 1.20 bits per heavy atom. The lowest BCUT2D eigenvalue weighted by atomic mass is 10.1. The number of aryl methyl sites for hydroxylation is 2. The molecule has 1 aromatic carbocycles. The van der Waals surface area contributed by atoms with Gasteiger partial charge in [0.25, 0.3) is 5.91 Å². The van der Waals surface area contributed by atoms with Gasteiger partial charge in [0.15, 0.2) is 5.89 Å². The molecular formula is C16H15F3N2O4. The first-order valence-electron chi connectivity index (χ1n) is 7.19. The van der Waals surface area contributed by atoms with Crippen molar-refractivity contribution in [3.05, 3.63) is 52.7 Å². The predicted molar refractivity (Wildman–Crippen MR) is 79.8 cm³/mol. The average molecular weight is 356 g/mol. The Morgan fingerprint density at radius 2 is 1.80 bits per heavy atom. The van der Waals surface area contributed by atoms with Crippen LogP contribution in [0.2, 0.25) is 0 Å². The molecule has 0 unspecified atom stereocenters. The number of hydrogen-bond acceptors (Lipinski definition) is 4. The first-order chi connectivity index (χ1) is 11.6. The summed E-state index contributed by atoms with van der Waals surface area (Å²) in [6.45, 7) is 2.28. The van der Waals surface area contributed by atoms with Crippen LogP contribution < -0.4 is 0 Å². The molecule has 0 aliphatic heterocycles. The van der Waals surface area contributed by atoms with Crippen molar-refractivity contribution in [1.29, 1.82) is 0 Å². The zero-order chi connectivity index (χ0) is 18.8. The fraction of sp³-hybridized carbons (Fsp3) is 0.312. The summed E-state index contributed by atoms with van der Waals surface area (Å²) in [7, 11) is 0. The molecule has 1 N–H and O–H groups in total. The SMILES string of the molecule is Cc1nc(C)c(C(=O)N(CC(=O)O)Cc2ccc(C(F)(F)F)cc2)o1. The number of carbonyl (C=O) groups is 2. The number of rotatable bonds is 5. The third kappa shape index (κ3) is 4.59. The molecule has 0 aliphatic rings. The van der Waals surface area contributed by atoms with Crippen LogP contribution in [0.4, 0.5) is 13.2 Å². The zero-order valence-corrected chi connectivity index (χ0v) is 13.4. The topological polar surface area (TPSA) is 83.6 Å². The van der Waals surface area contributed by atoms with E-state index in [9.17, 15) is 22.8 Å². The molecule has 0 atom stereocenters. The highest BCUT2D eigenvalue weighted by Crippen LogP contribution is 2.29. The number of hydrogen-bond donors (Lipinski definition) is 1. The Labute approximate surface area is 140 Å². The van der Waals surface area contributed by atoms with E-state index >= 15 is 0 Å². The lowest BCUT2D eigenvalue weighted by molar-refractivity contribution is -0.138. The number of carboxylic acids is 1. The van der Waals surface area contributed by atoms with Gasteiger partial charge in [0.1, 0.15) is 6.54 Å². The second-order valence-electron chi connectivity index (χ2n) is 5.40. The molecule has 2 rings (SSSR count). The number of oxazole rings is 1. The first kappa shape index (κ1) is 18.5. The van der Waals surface area contributed by atoms with Crippen LogP contribution in [0, 0.1) is 13.8 Å². The highest BCUT2D eigenvalue weighted by atomic mass is 19.4. The Morgan fingerprint density at radius 3 is 2.24 bits per heavy atom. The molecule has 1 amide bonds. The van der Waals surface area contributed by atoms with Gasteiger partial charge in [-0.1, -0.05) is 12.1 Å². The summed E-state index contributed by atoms with van der Waals surface area (Å²) in [5.74, 6) is -1.79. The molecule has 0 aliphatic carbocycles. The van der Waals surface area contributed by atoms with E-state index in [1.807, 2.05) is 0 Å². The minimum absolute atomic E-state index is 0.0920. The van der Waals surface area contributed by atoms with Gasteiger partial charge in [0.05, 0.1) is 11.3 Å². The second-order valence-corrected chi connectivity index (χ2v) is 5.40. The van der Waals surface area contributed by atoms with E-state index in [2.05, 4.69) is 4.98 Å². The quantitative estimate of drug-likeness (QED) is 0.890. The van der Waals surface area contributed by atoms with Crippen LogP contribution >= 0.6 is 0 Å². The van der Waals surface area contributed by atoms with Crippen molar-refractivity contribution in [3.8, 4) is 0 Å². The number of alkyl halides is 3. The minimum atomic E-state index is -4.47. The average Bonchev–Trinajstić information content (AvgIpc) is 2.83. The van der Waals surface area contributed by atoms with Gasteiger partial charge in [-0.15, -0.1) is 0 Å². The highest BCUT2D eigenvalue weighted by Gasteiger charge is 2.30. The first-order valence-corrected chi connectivity index (χ1v) is 7.19. The molecule has 0 spiro atoms. The molecule has 134 valence electrons. The van der Waals surface area contributed by atoms with Crippen LogP contribution in [0.3, 0.4) is 0 Å². The van der Waals surface area contributed by atoms with Gasteiger partial charge in [0.2, 0.25) is 5.76 Å². The maximum absolute atomic E-state index is 12.6. The van der Waals surface area contributed by atoms with Crippen molar-refractivity contribution in [2.24, 2.45) is 0 Å². The number of nitrogens with zero attached hydrogens (tertiary/aromatic N) is 2. The molecule has 0 bridgehead atoms. The van der Waals surface area contributed by atoms with Crippen molar-refractivity contribution < 1.29 is 32.3 Å². The molecule has 0 radical (unpaired) electrons. The number of carboxylic acid groups (broad SMARTS) is 1. The zero-order valence-electron chi connectivity index (χ0n) is 13.4. The van der Waals surface area contributed by atoms with E-state index in [0.717, 1.165) is 17.0 Å². The lowest BCUT2D eigenvalue weighted by Gasteiger charge is -2.20. The normalized spacial score (nSPS) is 11.4. The fourth-order valence-corrected chi connectivity index (χ4v) is 2.26. The summed E-state index contributed by atoms with van der Waals surface area (Å²) in [6.07, 6.45) is -4.47. The van der Waals surface area contributed by atoms with Crippen molar-refractivity contribution in [3.63, 3.8) is 0 Å². The summed E-state index contributed by atoms with van der Waals surface area (Å²) in [5.41, 5.74) is -0.157. The Kier molecular flexibility index (Phi) is 5.15. The molecule has 1 heterocycles. The second kappa shape index (κ2) is 6.96. The number of carbonyl (C=O) groups excluding carboxylic acids is 1. The monoisotopic (exact) mass is 356 g/mol. The molecule has 0 saturated heterocycles. The van der Waals surface area contributed by atoms with Crippen LogP contribution in [0.25, 0.3) is 0 Å². The summed E-state index contributed by atoms with van der Waals surface area (Å²) < 4.78 is 43.0. The van der Waals surface area contributed by atoms with Crippen LogP contribution in [0.5, 0.6) is 0 Å². The van der Waals surface area contributed by atoms with E-state index in [4.69, 9.17) is 9.52 Å². The van der Waals surface area contributed by atoms with Crippen LogP contribution in [0.15, 0.2) is 28.7 Å². The summed E-state index contributed by atoms with van der Waals surface area (Å²) in [4.78, 5) is 28.4. The van der Waals surface area contributed by atoms with Gasteiger partial charge in [-0.3, -0.25) is 9.59 Å². The van der Waals surface area contributed by atoms with Gasteiger partial charge in [-0.2, -0.15) is 13.2 Å². The number of halogens is 3. The van der Waals surface area contributed by atoms with Gasteiger partial charge in [0, 0.05) is 13.5 Å². The van der Waals surface area contributed by atoms with E-state index < -0.39 is 30.2 Å². The van der Waals surface area contributed by atoms with Gasteiger partial charge in [-0.05, 0) is 24.6 Å². The van der Waals surface area contributed by atoms with Crippen LogP contribution in [-0.4, -0.2) is 33.4 Å². The van der Waals surface area contributed by atoms with Gasteiger partial charge < -0.3 is 14.4 Å². The summed E-state index contributed by atoms with van der Waals surface area (Å²) >= 11 is 0. The summed E-state index contributed by atoms with van der Waals surface area (Å²) in [6, 6.07) is 4.15. The third-order valence-corrected chi connectivity index (χ3v) is 3.37. The molecule has 0 saturated carbocycles. The van der Waals surface area contributed by atoms with Crippen molar-refractivity contribution in [2.45, 2.75) is 26.6 Å². The minimum Gasteiger partial charge on any atom is -0.480 e. The fourth-order valence-electron chi connectivity index (χ4n) is 2.26. The number of amides is 1. The van der Waals surface area contributed by atoms with Crippen LogP contribution in [-0.2, 0) is 17.5 Å². The van der Waals surface area contributed by atoms with Gasteiger partial charge in [-0.25, -0.2) is 4.98 Å². The Balaban J connectivity index is 2.24. The molecule has 25 heavy (non-hydrogen) atoms. The molecule has 1 aromatic heterocycles. The van der Waals surface area contributed by atoms with Crippen molar-refractivity contribution in [2.75, 3.05) is 6.54 Å². The standard InChI is InChI=1S/C16H15F3N2O4/c1-9-14(25-10(2)20-9)15(24)21(8-13(22)23)7-11-3-5-12(6-4-11)16(17,18)19/h3-6H,7-8H2,1-2H3,(H,22,23). The predicted octanol–water partition coefficient (Wildman–Crippen LogP) is 3.04. The molecule has 2 aromatic rings. The maximum atomic E-state index is 12.6. The van der Waals surface area contributed by atoms with E-state index in [1.165, 1.54) is 12.1 Å². The molecule has 9 heteroatoms. The smallest absolute Gasteiger partial charge is 0.416 e. The van der Waals surface area contributed by atoms with Crippen LogP contribution in [0.1, 0.15) is 33.3 Å². The number of aliphatic carboxylic acids is 1. The van der Waals surface area contributed by atoms with E-state index in [1.54, 1.807) is 13.8 Å². The molecule has 0 fully saturated rings. The van der Waals surface area contributed by atoms with Crippen molar-refractivity contribution in [1.82, 2.24) is 9.88 Å². The molecular weight excluding hydrogens is 341 g/mol. The summed E-state index contributed by atoms with van der Waals surface area (Å²) in [5, 5.41) is 8.99. The lowest BCUT2D eigenvalue weighted by Crippen LogP contribution is -2.35. The third-order valence-electron chi connectivity index (χ3n) is 3.37. The number of aromatic nitrogens is 1. The van der Waals surface area contributed by atoms with Crippen molar-refractivity contribution >= 4 is 11.9 Å². The van der Waals surface area contributed by atoms with E-state index in [0.29, 0.717) is 11.3 Å². The van der Waals surface area contributed by atoms with Gasteiger partial charge >= 0.3 is 12.1 Å². The largest absolute Gasteiger partial charge is 0.480 e.